The van der Waals surface area contributed by atoms with Gasteiger partial charge in [-0.1, -0.05) is 30.6 Å². The molecule has 2 heterocycles. The average Bonchev–Trinajstić information content (AvgIpc) is 2.38. The molecule has 1 N–H and O–H groups in total. The Labute approximate surface area is 134 Å². The van der Waals surface area contributed by atoms with Gasteiger partial charge in [-0.2, -0.15) is 0 Å². The Morgan fingerprint density at radius 2 is 2.18 bits per heavy atom. The van der Waals surface area contributed by atoms with Crippen LogP contribution < -0.4 is 0 Å². The van der Waals surface area contributed by atoms with Crippen LogP contribution in [0.15, 0.2) is 24.3 Å². The molecule has 1 unspecified atom stereocenters. The molecule has 1 aromatic carbocycles. The van der Waals surface area contributed by atoms with Gasteiger partial charge in [-0.15, -0.1) is 0 Å². The maximum absolute atomic E-state index is 12.6. The molecule has 0 saturated heterocycles. The summed E-state index contributed by atoms with van der Waals surface area (Å²) in [7, 11) is 0. The van der Waals surface area contributed by atoms with Crippen molar-refractivity contribution in [3.63, 3.8) is 0 Å². The van der Waals surface area contributed by atoms with Crippen LogP contribution in [0, 0.1) is 5.92 Å². The van der Waals surface area contributed by atoms with E-state index < -0.39 is 5.60 Å². The van der Waals surface area contributed by atoms with Crippen molar-refractivity contribution < 1.29 is 9.53 Å². The first-order valence-corrected chi connectivity index (χ1v) is 8.43. The number of benzene rings is 1. The molecule has 0 radical (unpaired) electrons. The largest absolute Gasteiger partial charge is 0.443 e. The number of nitrogens with one attached hydrogen (secondary N) is 1. The smallest absolute Gasteiger partial charge is 0.414 e. The van der Waals surface area contributed by atoms with Gasteiger partial charge >= 0.3 is 6.09 Å². The summed E-state index contributed by atoms with van der Waals surface area (Å²) >= 11 is 1.63. The topological polar surface area (TPSA) is 45.3 Å². The van der Waals surface area contributed by atoms with E-state index in [0.717, 1.165) is 23.2 Å². The van der Waals surface area contributed by atoms with Gasteiger partial charge in [0.15, 0.2) is 0 Å². The maximum atomic E-state index is 12.6. The van der Waals surface area contributed by atoms with Crippen LogP contribution in [0.3, 0.4) is 0 Å². The average molecular weight is 318 g/mol. The molecule has 1 atom stereocenters. The predicted molar refractivity (Wildman–Crippen MR) is 90.9 cm³/mol. The molecule has 2 aromatic rings. The van der Waals surface area contributed by atoms with E-state index in [0.29, 0.717) is 12.5 Å². The van der Waals surface area contributed by atoms with Crippen LogP contribution in [-0.4, -0.2) is 27.5 Å². The van der Waals surface area contributed by atoms with Crippen LogP contribution in [0.1, 0.15) is 39.7 Å². The van der Waals surface area contributed by atoms with Gasteiger partial charge in [-0.05, 0) is 45.2 Å². The van der Waals surface area contributed by atoms with Crippen molar-refractivity contribution in [3.8, 4) is 0 Å². The molecule has 0 aliphatic carbocycles. The fraction of sp³-hybridized carbons (Fsp3) is 0.471. The highest BCUT2D eigenvalue weighted by molar-refractivity contribution is 7.15. The number of aromatic amines is 1. The van der Waals surface area contributed by atoms with Gasteiger partial charge in [-0.3, -0.25) is 4.90 Å². The van der Waals surface area contributed by atoms with E-state index in [1.165, 1.54) is 4.70 Å². The van der Waals surface area contributed by atoms with Gasteiger partial charge in [0.2, 0.25) is 0 Å². The number of hydrogen-bond acceptors (Lipinski definition) is 3. The zero-order valence-electron chi connectivity index (χ0n) is 13.5. The third-order valence-corrected chi connectivity index (χ3v) is 4.56. The summed E-state index contributed by atoms with van der Waals surface area (Å²) < 4.78 is 10.0. The number of aromatic nitrogens is 1. The van der Waals surface area contributed by atoms with Gasteiger partial charge in [0, 0.05) is 12.1 Å². The van der Waals surface area contributed by atoms with Gasteiger partial charge in [0.05, 0.1) is 15.9 Å². The Kier molecular flexibility index (Phi) is 3.77. The molecule has 3 rings (SSSR count). The predicted octanol–water partition coefficient (Wildman–Crippen LogP) is 4.85. The third kappa shape index (κ3) is 3.04. The normalized spacial score (nSPS) is 19.4. The number of ether oxygens (including phenoxy) is 1. The van der Waals surface area contributed by atoms with Crippen LogP contribution in [0.4, 0.5) is 4.79 Å². The third-order valence-electron chi connectivity index (χ3n) is 3.66. The zero-order chi connectivity index (χ0) is 15.9. The number of amides is 1. The summed E-state index contributed by atoms with van der Waals surface area (Å²) in [5.41, 5.74) is 2.66. The highest BCUT2D eigenvalue weighted by Gasteiger charge is 2.29. The lowest BCUT2D eigenvalue weighted by Crippen LogP contribution is -2.39. The maximum Gasteiger partial charge on any atom is 0.414 e. The Balaban J connectivity index is 1.91. The summed E-state index contributed by atoms with van der Waals surface area (Å²) in [5.74, 6) is 0.441. The second-order valence-corrected chi connectivity index (χ2v) is 7.78. The Morgan fingerprint density at radius 3 is 2.77 bits per heavy atom. The first kappa shape index (κ1) is 15.2. The monoisotopic (exact) mass is 318 g/mol. The van der Waals surface area contributed by atoms with Crippen molar-refractivity contribution in [2.24, 2.45) is 5.92 Å². The second-order valence-electron chi connectivity index (χ2n) is 6.94. The molecule has 1 aliphatic heterocycles. The molecule has 0 spiro atoms. The lowest BCUT2D eigenvalue weighted by atomic mass is 9.98. The highest BCUT2D eigenvalue weighted by atomic mass is 32.1. The van der Waals surface area contributed by atoms with E-state index in [1.807, 2.05) is 20.8 Å². The lowest BCUT2D eigenvalue weighted by molar-refractivity contribution is 0.0327. The van der Waals surface area contributed by atoms with Crippen LogP contribution in [0.5, 0.6) is 0 Å². The number of allylic oxidation sites excluding steroid dienone is 1. The molecule has 0 saturated carbocycles. The van der Waals surface area contributed by atoms with Gasteiger partial charge in [0.25, 0.3) is 0 Å². The molecular formula is C17H22N2O2S. The summed E-state index contributed by atoms with van der Waals surface area (Å²) in [6, 6.07) is 6.27. The number of carbonyl (C=O) groups excluding carboxylic acids is 1. The lowest BCUT2D eigenvalue weighted by Gasteiger charge is -2.34. The first-order chi connectivity index (χ1) is 10.3. The zero-order valence-corrected chi connectivity index (χ0v) is 14.3. The van der Waals surface area contributed by atoms with Gasteiger partial charge < -0.3 is 9.11 Å². The SMILES string of the molecule is CC1CC=C(c2ccc3s[nH]c3c2)N(C(=O)OC(C)(C)C)C1. The molecule has 1 amide bonds. The van der Waals surface area contributed by atoms with Crippen LogP contribution in [0.25, 0.3) is 15.9 Å². The molecule has 118 valence electrons. The molecule has 4 nitrogen and oxygen atoms in total. The van der Waals surface area contributed by atoms with Gasteiger partial charge in [-0.25, -0.2) is 4.79 Å². The molecule has 0 bridgehead atoms. The van der Waals surface area contributed by atoms with Gasteiger partial charge in [0.1, 0.15) is 5.60 Å². The fourth-order valence-electron chi connectivity index (χ4n) is 2.59. The van der Waals surface area contributed by atoms with E-state index in [-0.39, 0.29) is 6.09 Å². The van der Waals surface area contributed by atoms with Crippen LogP contribution >= 0.6 is 11.5 Å². The second kappa shape index (κ2) is 5.47. The van der Waals surface area contributed by atoms with Crippen molar-refractivity contribution in [2.75, 3.05) is 6.54 Å². The summed E-state index contributed by atoms with van der Waals surface area (Å²) in [6.45, 7) is 8.54. The Hall–Kier alpha value is -1.75. The van der Waals surface area contributed by atoms with Crippen molar-refractivity contribution >= 4 is 33.5 Å². The number of hydrogen-bond donors (Lipinski definition) is 1. The van der Waals surface area contributed by atoms with E-state index in [4.69, 9.17) is 4.74 Å². The number of nitrogens with zero attached hydrogens (tertiary/aromatic N) is 1. The van der Waals surface area contributed by atoms with Crippen LogP contribution in [0.2, 0.25) is 0 Å². The van der Waals surface area contributed by atoms with Crippen molar-refractivity contribution in [2.45, 2.75) is 39.7 Å². The molecule has 5 heteroatoms. The summed E-state index contributed by atoms with van der Waals surface area (Å²) in [6.07, 6.45) is 2.86. The van der Waals surface area contributed by atoms with Crippen molar-refractivity contribution in [1.82, 2.24) is 9.27 Å². The van der Waals surface area contributed by atoms with E-state index in [9.17, 15) is 4.79 Å². The van der Waals surface area contributed by atoms with E-state index in [1.54, 1.807) is 16.4 Å². The number of carbonyl (C=O) groups is 1. The Bertz CT molecular complexity index is 720. The van der Waals surface area contributed by atoms with E-state index >= 15 is 0 Å². The van der Waals surface area contributed by atoms with E-state index in [2.05, 4.69) is 35.6 Å². The quantitative estimate of drug-likeness (QED) is 0.817. The fourth-order valence-corrected chi connectivity index (χ4v) is 3.18. The number of rotatable bonds is 1. The molecular weight excluding hydrogens is 296 g/mol. The molecule has 1 aliphatic rings. The van der Waals surface area contributed by atoms with Crippen molar-refractivity contribution in [3.05, 3.63) is 29.8 Å². The highest BCUT2D eigenvalue weighted by Crippen LogP contribution is 2.32. The summed E-state index contributed by atoms with van der Waals surface area (Å²) in [4.78, 5) is 14.3. The first-order valence-electron chi connectivity index (χ1n) is 7.61. The minimum Gasteiger partial charge on any atom is -0.443 e. The molecule has 1 aromatic heterocycles. The number of fused-ring (bicyclic) bond motifs is 1. The molecule has 0 fully saturated rings. The number of H-pyrrole nitrogens is 1. The van der Waals surface area contributed by atoms with Crippen molar-refractivity contribution in [1.29, 1.82) is 0 Å². The van der Waals surface area contributed by atoms with Crippen LogP contribution in [-0.2, 0) is 4.74 Å². The molecule has 22 heavy (non-hydrogen) atoms. The summed E-state index contributed by atoms with van der Waals surface area (Å²) in [5, 5.41) is 0. The standard InChI is InChI=1S/C17H22N2O2S/c1-11-5-7-14(12-6-8-15-13(9-12)18-22-15)19(10-11)16(20)21-17(2,3)4/h6-9,11,18H,5,10H2,1-4H3. The minimum absolute atomic E-state index is 0.268. The Morgan fingerprint density at radius 1 is 1.41 bits per heavy atom. The minimum atomic E-state index is -0.485.